The lowest BCUT2D eigenvalue weighted by molar-refractivity contribution is -0.113. The van der Waals surface area contributed by atoms with Gasteiger partial charge >= 0.3 is 0 Å². The summed E-state index contributed by atoms with van der Waals surface area (Å²) in [6.45, 7) is 11.4. The van der Waals surface area contributed by atoms with Crippen molar-refractivity contribution < 1.29 is 4.79 Å². The van der Waals surface area contributed by atoms with Crippen LogP contribution in [0.5, 0.6) is 0 Å². The minimum atomic E-state index is 0.284. The summed E-state index contributed by atoms with van der Waals surface area (Å²) < 4.78 is 0. The molecule has 0 amide bonds. The van der Waals surface area contributed by atoms with Crippen molar-refractivity contribution in [1.82, 2.24) is 0 Å². The second-order valence-corrected chi connectivity index (χ2v) is 12.9. The Kier molecular flexibility index (Phi) is 12.7. The highest BCUT2D eigenvalue weighted by molar-refractivity contribution is 7.08. The number of aryl methyl sites for hydroxylation is 1. The van der Waals surface area contributed by atoms with Crippen LogP contribution < -0.4 is 4.90 Å². The Labute approximate surface area is 259 Å². The summed E-state index contributed by atoms with van der Waals surface area (Å²) in [5, 5.41) is 4.28. The molecule has 1 aliphatic carbocycles. The van der Waals surface area contributed by atoms with E-state index in [9.17, 15) is 4.79 Å². The summed E-state index contributed by atoms with van der Waals surface area (Å²) in [7, 11) is 0. The van der Waals surface area contributed by atoms with Crippen LogP contribution in [0.4, 0.5) is 5.69 Å². The zero-order valence-electron chi connectivity index (χ0n) is 26.4. The van der Waals surface area contributed by atoms with E-state index in [1.807, 2.05) is 0 Å². The molecule has 0 aliphatic heterocycles. The van der Waals surface area contributed by atoms with Gasteiger partial charge in [0, 0.05) is 30.8 Å². The monoisotopic (exact) mass is 581 g/mol. The number of ketones is 1. The van der Waals surface area contributed by atoms with E-state index >= 15 is 0 Å². The van der Waals surface area contributed by atoms with Gasteiger partial charge < -0.3 is 4.90 Å². The first kappa shape index (κ1) is 32.0. The zero-order chi connectivity index (χ0) is 29.7. The lowest BCUT2D eigenvalue weighted by Gasteiger charge is -2.24. The fourth-order valence-electron chi connectivity index (χ4n) is 6.16. The van der Waals surface area contributed by atoms with Crippen molar-refractivity contribution in [2.24, 2.45) is 11.8 Å². The predicted octanol–water partition coefficient (Wildman–Crippen LogP) is 11.2. The minimum absolute atomic E-state index is 0.284. The smallest absolute Gasteiger partial charge is 0.163 e. The third kappa shape index (κ3) is 9.04. The van der Waals surface area contributed by atoms with Gasteiger partial charge in [0.05, 0.1) is 0 Å². The molecule has 2 nitrogen and oxygen atoms in total. The second-order valence-electron chi connectivity index (χ2n) is 12.1. The van der Waals surface area contributed by atoms with Crippen LogP contribution in [0.25, 0.3) is 16.7 Å². The maximum absolute atomic E-state index is 13.3. The Balaban J connectivity index is 1.34. The third-order valence-corrected chi connectivity index (χ3v) is 9.49. The van der Waals surface area contributed by atoms with Crippen LogP contribution in [-0.2, 0) is 11.2 Å². The molecule has 2 atom stereocenters. The molecule has 4 rings (SSSR count). The van der Waals surface area contributed by atoms with Crippen LogP contribution in [0.3, 0.4) is 0 Å². The first-order valence-corrected chi connectivity index (χ1v) is 17.4. The van der Waals surface area contributed by atoms with Gasteiger partial charge in [-0.1, -0.05) is 83.0 Å². The second kappa shape index (κ2) is 16.7. The van der Waals surface area contributed by atoms with E-state index in [2.05, 4.69) is 110 Å². The van der Waals surface area contributed by atoms with Crippen molar-refractivity contribution in [3.63, 3.8) is 0 Å². The molecule has 2 unspecified atom stereocenters. The fraction of sp³-hybridized carbons (Fsp3) is 0.462. The number of thiophene rings is 1. The molecule has 3 aromatic rings. The average molecular weight is 582 g/mol. The maximum Gasteiger partial charge on any atom is 0.163 e. The SMILES string of the molecule is CC/C=C1/C=C(c2ccc(-c3ccsc3)cc2)C(=O)CCC1CCC(C)CCc1ccc(N(CCC)CCCC)cc1. The Hall–Kier alpha value is -2.91. The van der Waals surface area contributed by atoms with Crippen LogP contribution in [0, 0.1) is 11.8 Å². The van der Waals surface area contributed by atoms with Crippen molar-refractivity contribution in [3.05, 3.63) is 94.2 Å². The van der Waals surface area contributed by atoms with E-state index < -0.39 is 0 Å². The number of rotatable bonds is 15. The quantitative estimate of drug-likeness (QED) is 0.178. The molecule has 224 valence electrons. The van der Waals surface area contributed by atoms with Crippen LogP contribution in [0.15, 0.2) is 83.1 Å². The first-order chi connectivity index (χ1) is 20.5. The molecule has 42 heavy (non-hydrogen) atoms. The summed E-state index contributed by atoms with van der Waals surface area (Å²) in [6, 6.07) is 20.0. The Morgan fingerprint density at radius 2 is 1.67 bits per heavy atom. The first-order valence-electron chi connectivity index (χ1n) is 16.4. The van der Waals surface area contributed by atoms with Gasteiger partial charge in [-0.3, -0.25) is 4.79 Å². The van der Waals surface area contributed by atoms with Gasteiger partial charge in [0.2, 0.25) is 0 Å². The number of anilines is 1. The van der Waals surface area contributed by atoms with Crippen LogP contribution in [0.2, 0.25) is 0 Å². The van der Waals surface area contributed by atoms with E-state index in [1.165, 1.54) is 60.1 Å². The molecule has 1 aliphatic rings. The number of nitrogens with zero attached hydrogens (tertiary/aromatic N) is 1. The topological polar surface area (TPSA) is 20.3 Å². The lowest BCUT2D eigenvalue weighted by atomic mass is 9.86. The van der Waals surface area contributed by atoms with Crippen molar-refractivity contribution in [3.8, 4) is 11.1 Å². The number of benzene rings is 2. The molecule has 0 bridgehead atoms. The summed E-state index contributed by atoms with van der Waals surface area (Å²) in [5.74, 6) is 1.41. The van der Waals surface area contributed by atoms with Gasteiger partial charge in [-0.05, 0) is 120 Å². The molecular formula is C39H51NOS. The molecule has 0 fully saturated rings. The number of hydrogen-bond acceptors (Lipinski definition) is 3. The molecule has 1 heterocycles. The number of carbonyl (C=O) groups excluding carboxylic acids is 1. The third-order valence-electron chi connectivity index (χ3n) is 8.80. The average Bonchev–Trinajstić information content (AvgIpc) is 3.51. The molecule has 0 radical (unpaired) electrons. The molecule has 0 saturated carbocycles. The number of carbonyl (C=O) groups is 1. The minimum Gasteiger partial charge on any atom is -0.372 e. The van der Waals surface area contributed by atoms with Gasteiger partial charge in [0.25, 0.3) is 0 Å². The Morgan fingerprint density at radius 1 is 0.905 bits per heavy atom. The number of hydrogen-bond donors (Lipinski definition) is 0. The molecule has 0 spiro atoms. The Bertz CT molecular complexity index is 1280. The standard InChI is InChI=1S/C39H51NOS/c1-5-8-26-40(25-7-3)37-21-13-31(14-22-37)12-10-30(4)11-15-32-20-23-39(41)38(28-35(32)9-6-2)34-18-16-33(17-19-34)36-24-27-42-29-36/h9,13-14,16-19,21-22,24,27-30,32H,5-8,10-12,15,20,23,25-26H2,1-4H3/b35-9-. The van der Waals surface area contributed by atoms with Gasteiger partial charge in [-0.15, -0.1) is 0 Å². The zero-order valence-corrected chi connectivity index (χ0v) is 27.2. The largest absolute Gasteiger partial charge is 0.372 e. The van der Waals surface area contributed by atoms with E-state index in [1.54, 1.807) is 11.3 Å². The highest BCUT2D eigenvalue weighted by Gasteiger charge is 2.23. The molecule has 0 N–H and O–H groups in total. The summed E-state index contributed by atoms with van der Waals surface area (Å²) in [6.07, 6.45) is 15.6. The van der Waals surface area contributed by atoms with Gasteiger partial charge in [-0.2, -0.15) is 11.3 Å². The van der Waals surface area contributed by atoms with Gasteiger partial charge in [-0.25, -0.2) is 0 Å². The highest BCUT2D eigenvalue weighted by Crippen LogP contribution is 2.35. The molecular weight excluding hydrogens is 531 g/mol. The summed E-state index contributed by atoms with van der Waals surface area (Å²) >= 11 is 1.71. The van der Waals surface area contributed by atoms with Crippen molar-refractivity contribution >= 4 is 28.4 Å². The lowest BCUT2D eigenvalue weighted by Crippen LogP contribution is -2.25. The molecule has 0 saturated heterocycles. The number of Topliss-reactive ketones (excluding diaryl/α,β-unsaturated/α-hetero) is 1. The van der Waals surface area contributed by atoms with Crippen LogP contribution >= 0.6 is 11.3 Å². The molecule has 1 aromatic heterocycles. The van der Waals surface area contributed by atoms with Crippen molar-refractivity contribution in [1.29, 1.82) is 0 Å². The predicted molar refractivity (Wildman–Crippen MR) is 184 cm³/mol. The number of allylic oxidation sites excluding steroid dienone is 4. The van der Waals surface area contributed by atoms with E-state index in [4.69, 9.17) is 0 Å². The van der Waals surface area contributed by atoms with Gasteiger partial charge in [0.1, 0.15) is 0 Å². The summed E-state index contributed by atoms with van der Waals surface area (Å²) in [5.41, 5.74) is 8.56. The number of unbranched alkanes of at least 4 members (excludes halogenated alkanes) is 1. The fourth-order valence-corrected chi connectivity index (χ4v) is 6.83. The van der Waals surface area contributed by atoms with E-state index in [0.29, 0.717) is 18.3 Å². The van der Waals surface area contributed by atoms with Gasteiger partial charge in [0.15, 0.2) is 5.78 Å². The van der Waals surface area contributed by atoms with E-state index in [-0.39, 0.29) is 5.78 Å². The maximum atomic E-state index is 13.3. The van der Waals surface area contributed by atoms with Crippen molar-refractivity contribution in [2.45, 2.75) is 91.9 Å². The normalized spacial score (nSPS) is 17.2. The van der Waals surface area contributed by atoms with Crippen LogP contribution in [-0.4, -0.2) is 18.9 Å². The Morgan fingerprint density at radius 3 is 2.33 bits per heavy atom. The van der Waals surface area contributed by atoms with Crippen molar-refractivity contribution in [2.75, 3.05) is 18.0 Å². The summed E-state index contributed by atoms with van der Waals surface area (Å²) in [4.78, 5) is 15.8. The highest BCUT2D eigenvalue weighted by atomic mass is 32.1. The van der Waals surface area contributed by atoms with Crippen LogP contribution in [0.1, 0.15) is 96.6 Å². The molecule has 3 heteroatoms. The molecule has 2 aromatic carbocycles. The van der Waals surface area contributed by atoms with E-state index in [0.717, 1.165) is 49.9 Å².